The monoisotopic (exact) mass is 225 g/mol. The maximum Gasteiger partial charge on any atom is 0.0426 e. The van der Waals surface area contributed by atoms with Gasteiger partial charge < -0.3 is 5.73 Å². The highest BCUT2D eigenvalue weighted by molar-refractivity contribution is 5.82. The first-order valence-corrected chi connectivity index (χ1v) is 5.94. The molecule has 1 heteroatoms. The van der Waals surface area contributed by atoms with E-state index in [1.807, 2.05) is 0 Å². The summed E-state index contributed by atoms with van der Waals surface area (Å²) in [6.45, 7) is 8.49. The first-order chi connectivity index (χ1) is 8.02. The Kier molecular flexibility index (Phi) is 2.93. The maximum absolute atomic E-state index is 6.25. The molecule has 0 heterocycles. The average molecular weight is 225 g/mol. The van der Waals surface area contributed by atoms with Crippen molar-refractivity contribution in [3.8, 4) is 11.1 Å². The van der Waals surface area contributed by atoms with E-state index in [2.05, 4.69) is 58.0 Å². The predicted molar refractivity (Wildman–Crippen MR) is 75.2 cm³/mol. The second-order valence-corrected chi connectivity index (χ2v) is 4.72. The minimum atomic E-state index is 0.905. The van der Waals surface area contributed by atoms with Crippen LogP contribution in [-0.2, 0) is 0 Å². The van der Waals surface area contributed by atoms with Crippen molar-refractivity contribution in [1.29, 1.82) is 0 Å². The second kappa shape index (κ2) is 4.25. The highest BCUT2D eigenvalue weighted by Crippen LogP contribution is 2.33. The first kappa shape index (κ1) is 11.7. The van der Waals surface area contributed by atoms with Crippen molar-refractivity contribution in [3.63, 3.8) is 0 Å². The van der Waals surface area contributed by atoms with Crippen LogP contribution in [0.3, 0.4) is 0 Å². The van der Waals surface area contributed by atoms with E-state index in [0.717, 1.165) is 11.3 Å². The van der Waals surface area contributed by atoms with Crippen LogP contribution in [0, 0.1) is 27.7 Å². The van der Waals surface area contributed by atoms with Gasteiger partial charge in [0.25, 0.3) is 0 Å². The normalized spacial score (nSPS) is 10.6. The zero-order valence-electron chi connectivity index (χ0n) is 11.0. The lowest BCUT2D eigenvalue weighted by atomic mass is 9.92. The van der Waals surface area contributed by atoms with Crippen LogP contribution in [0.15, 0.2) is 30.3 Å². The van der Waals surface area contributed by atoms with E-state index in [1.165, 1.54) is 27.8 Å². The van der Waals surface area contributed by atoms with Gasteiger partial charge in [-0.3, -0.25) is 0 Å². The zero-order valence-corrected chi connectivity index (χ0v) is 11.0. The fourth-order valence-corrected chi connectivity index (χ4v) is 2.20. The molecule has 0 atom stereocenters. The molecule has 0 saturated heterocycles. The number of anilines is 1. The molecule has 88 valence electrons. The van der Waals surface area contributed by atoms with Crippen molar-refractivity contribution >= 4 is 5.69 Å². The third-order valence-corrected chi connectivity index (χ3v) is 3.64. The summed E-state index contributed by atoms with van der Waals surface area (Å²) in [7, 11) is 0. The number of benzene rings is 2. The Bertz CT molecular complexity index is 568. The van der Waals surface area contributed by atoms with Gasteiger partial charge in [-0.05, 0) is 61.6 Å². The van der Waals surface area contributed by atoms with E-state index in [1.54, 1.807) is 0 Å². The van der Waals surface area contributed by atoms with Gasteiger partial charge in [0.05, 0.1) is 0 Å². The zero-order chi connectivity index (χ0) is 12.6. The van der Waals surface area contributed by atoms with Gasteiger partial charge in [-0.1, -0.05) is 24.3 Å². The summed E-state index contributed by atoms with van der Waals surface area (Å²) in [6, 6.07) is 10.6. The second-order valence-electron chi connectivity index (χ2n) is 4.72. The topological polar surface area (TPSA) is 26.0 Å². The molecule has 0 amide bonds. The number of nitrogens with two attached hydrogens (primary N) is 1. The Balaban J connectivity index is 2.73. The third-order valence-electron chi connectivity index (χ3n) is 3.64. The minimum Gasteiger partial charge on any atom is -0.398 e. The molecule has 2 aromatic rings. The molecule has 1 nitrogen and oxygen atoms in total. The molecule has 2 aromatic carbocycles. The lowest BCUT2D eigenvalue weighted by Crippen LogP contribution is -1.99. The van der Waals surface area contributed by atoms with Crippen molar-refractivity contribution in [2.75, 3.05) is 5.73 Å². The van der Waals surface area contributed by atoms with Crippen molar-refractivity contribution in [2.24, 2.45) is 0 Å². The number of hydrogen-bond donors (Lipinski definition) is 1. The van der Waals surface area contributed by atoms with Crippen LogP contribution in [0.5, 0.6) is 0 Å². The van der Waals surface area contributed by atoms with Gasteiger partial charge in [0.15, 0.2) is 0 Å². The smallest absolute Gasteiger partial charge is 0.0426 e. The highest BCUT2D eigenvalue weighted by Gasteiger charge is 2.10. The Morgan fingerprint density at radius 3 is 2.06 bits per heavy atom. The molecular weight excluding hydrogens is 206 g/mol. The van der Waals surface area contributed by atoms with Crippen LogP contribution in [0.2, 0.25) is 0 Å². The summed E-state index contributed by atoms with van der Waals surface area (Å²) in [4.78, 5) is 0. The number of nitrogen functional groups attached to an aromatic ring is 1. The van der Waals surface area contributed by atoms with Gasteiger partial charge >= 0.3 is 0 Å². The molecule has 0 aliphatic heterocycles. The standard InChI is InChI=1S/C16H19N/c1-10-7-5-6-8-14(10)15-9-11(2)12(3)13(4)16(15)17/h5-9H,17H2,1-4H3. The molecule has 0 aromatic heterocycles. The quantitative estimate of drug-likeness (QED) is 0.724. The predicted octanol–water partition coefficient (Wildman–Crippen LogP) is 4.17. The molecule has 2 N–H and O–H groups in total. The van der Waals surface area contributed by atoms with E-state index >= 15 is 0 Å². The van der Waals surface area contributed by atoms with Gasteiger partial charge in [0.1, 0.15) is 0 Å². The Hall–Kier alpha value is -1.76. The molecule has 0 saturated carbocycles. The molecule has 0 unspecified atom stereocenters. The number of rotatable bonds is 1. The number of hydrogen-bond acceptors (Lipinski definition) is 1. The first-order valence-electron chi connectivity index (χ1n) is 5.94. The summed E-state index contributed by atoms with van der Waals surface area (Å²) >= 11 is 0. The molecule has 17 heavy (non-hydrogen) atoms. The lowest BCUT2D eigenvalue weighted by molar-refractivity contribution is 1.27. The summed E-state index contributed by atoms with van der Waals surface area (Å²) in [5, 5.41) is 0. The Labute approximate surface area is 103 Å². The summed E-state index contributed by atoms with van der Waals surface area (Å²) in [6.07, 6.45) is 0. The van der Waals surface area contributed by atoms with E-state index in [0.29, 0.717) is 0 Å². The molecule has 0 aliphatic carbocycles. The van der Waals surface area contributed by atoms with E-state index < -0.39 is 0 Å². The van der Waals surface area contributed by atoms with Crippen LogP contribution >= 0.6 is 0 Å². The molecule has 2 rings (SSSR count). The van der Waals surface area contributed by atoms with E-state index in [9.17, 15) is 0 Å². The Morgan fingerprint density at radius 1 is 0.765 bits per heavy atom. The van der Waals surface area contributed by atoms with Gasteiger partial charge in [-0.2, -0.15) is 0 Å². The molecule has 0 radical (unpaired) electrons. The van der Waals surface area contributed by atoms with Gasteiger partial charge in [-0.15, -0.1) is 0 Å². The van der Waals surface area contributed by atoms with Crippen LogP contribution in [0.1, 0.15) is 22.3 Å². The number of aryl methyl sites for hydroxylation is 2. The van der Waals surface area contributed by atoms with Crippen LogP contribution < -0.4 is 5.73 Å². The third kappa shape index (κ3) is 1.93. The molecule has 0 bridgehead atoms. The molecular formula is C16H19N. The van der Waals surface area contributed by atoms with Gasteiger partial charge in [0.2, 0.25) is 0 Å². The fraction of sp³-hybridized carbons (Fsp3) is 0.250. The summed E-state index contributed by atoms with van der Waals surface area (Å²) in [5.74, 6) is 0. The highest BCUT2D eigenvalue weighted by atomic mass is 14.6. The van der Waals surface area contributed by atoms with E-state index in [4.69, 9.17) is 5.73 Å². The van der Waals surface area contributed by atoms with Gasteiger partial charge in [0, 0.05) is 11.3 Å². The summed E-state index contributed by atoms with van der Waals surface area (Å²) in [5.41, 5.74) is 14.6. The van der Waals surface area contributed by atoms with Crippen LogP contribution in [-0.4, -0.2) is 0 Å². The van der Waals surface area contributed by atoms with Crippen molar-refractivity contribution in [3.05, 3.63) is 52.6 Å². The molecule has 0 spiro atoms. The molecule has 0 aliphatic rings. The van der Waals surface area contributed by atoms with Gasteiger partial charge in [-0.25, -0.2) is 0 Å². The largest absolute Gasteiger partial charge is 0.398 e. The van der Waals surface area contributed by atoms with Crippen LogP contribution in [0.4, 0.5) is 5.69 Å². The van der Waals surface area contributed by atoms with E-state index in [-0.39, 0.29) is 0 Å². The summed E-state index contributed by atoms with van der Waals surface area (Å²) < 4.78 is 0. The SMILES string of the molecule is Cc1ccccc1-c1cc(C)c(C)c(C)c1N. The minimum absolute atomic E-state index is 0.905. The maximum atomic E-state index is 6.25. The molecule has 0 fully saturated rings. The van der Waals surface area contributed by atoms with Crippen LogP contribution in [0.25, 0.3) is 11.1 Å². The lowest BCUT2D eigenvalue weighted by Gasteiger charge is -2.15. The van der Waals surface area contributed by atoms with Crippen molar-refractivity contribution < 1.29 is 0 Å². The fourth-order valence-electron chi connectivity index (χ4n) is 2.20. The van der Waals surface area contributed by atoms with Crippen molar-refractivity contribution in [2.45, 2.75) is 27.7 Å². The Morgan fingerprint density at radius 2 is 1.41 bits per heavy atom. The average Bonchev–Trinajstić information content (AvgIpc) is 2.32. The van der Waals surface area contributed by atoms with Crippen molar-refractivity contribution in [1.82, 2.24) is 0 Å².